The van der Waals surface area contributed by atoms with Crippen LogP contribution in [0.4, 0.5) is 0 Å². The molecule has 2 heterocycles. The summed E-state index contributed by atoms with van der Waals surface area (Å²) in [5.41, 5.74) is 1.17. The zero-order valence-corrected chi connectivity index (χ0v) is 16.3. The van der Waals surface area contributed by atoms with Gasteiger partial charge >= 0.3 is 0 Å². The third-order valence-corrected chi connectivity index (χ3v) is 5.24. The molecule has 0 saturated carbocycles. The Morgan fingerprint density at radius 2 is 2.07 bits per heavy atom. The molecule has 0 atom stereocenters. The average Bonchev–Trinajstić information content (AvgIpc) is 3.15. The minimum atomic E-state index is 0.127. The number of nitrogens with one attached hydrogen (secondary N) is 1. The van der Waals surface area contributed by atoms with E-state index in [1.807, 2.05) is 12.1 Å². The highest BCUT2D eigenvalue weighted by Crippen LogP contribution is 2.42. The number of carbonyl (C=O) groups is 1. The molecule has 0 spiro atoms. The Morgan fingerprint density at radius 3 is 2.81 bits per heavy atom. The lowest BCUT2D eigenvalue weighted by Gasteiger charge is -2.32. The van der Waals surface area contributed by atoms with Crippen LogP contribution in [0, 0.1) is 5.92 Å². The Balaban J connectivity index is 1.42. The van der Waals surface area contributed by atoms with Crippen LogP contribution in [-0.2, 0) is 16.1 Å². The van der Waals surface area contributed by atoms with Crippen LogP contribution in [0.2, 0.25) is 0 Å². The number of hydrogen-bond donors (Lipinski definition) is 1. The molecular weight excluding hydrogens is 348 g/mol. The lowest BCUT2D eigenvalue weighted by Crippen LogP contribution is -2.34. The largest absolute Gasteiger partial charge is 0.493 e. The van der Waals surface area contributed by atoms with Crippen molar-refractivity contribution in [3.8, 4) is 17.2 Å². The SMILES string of the molecule is COCCNC(=O)CCC1CCN(Cc2cc(OC)c3c(c2)OCO3)CC1. The van der Waals surface area contributed by atoms with E-state index in [-0.39, 0.29) is 12.7 Å². The molecule has 150 valence electrons. The summed E-state index contributed by atoms with van der Waals surface area (Å²) in [4.78, 5) is 14.3. The fourth-order valence-corrected chi connectivity index (χ4v) is 3.68. The minimum absolute atomic E-state index is 0.127. The maximum atomic E-state index is 11.8. The van der Waals surface area contributed by atoms with Gasteiger partial charge in [0.05, 0.1) is 13.7 Å². The zero-order valence-electron chi connectivity index (χ0n) is 16.3. The van der Waals surface area contributed by atoms with Crippen LogP contribution < -0.4 is 19.5 Å². The molecule has 1 fully saturated rings. The van der Waals surface area contributed by atoms with Gasteiger partial charge in [0.15, 0.2) is 11.5 Å². The van der Waals surface area contributed by atoms with Gasteiger partial charge in [-0.15, -0.1) is 0 Å². The van der Waals surface area contributed by atoms with E-state index in [4.69, 9.17) is 18.9 Å². The maximum absolute atomic E-state index is 11.8. The Kier molecular flexibility index (Phi) is 7.18. The minimum Gasteiger partial charge on any atom is -0.493 e. The molecule has 1 saturated heterocycles. The molecule has 0 aromatic heterocycles. The number of carbonyl (C=O) groups excluding carboxylic acids is 1. The molecule has 0 bridgehead atoms. The number of ether oxygens (including phenoxy) is 4. The quantitative estimate of drug-likeness (QED) is 0.664. The highest BCUT2D eigenvalue weighted by Gasteiger charge is 2.23. The van der Waals surface area contributed by atoms with Crippen molar-refractivity contribution in [2.75, 3.05) is 47.3 Å². The van der Waals surface area contributed by atoms with Crippen LogP contribution >= 0.6 is 0 Å². The van der Waals surface area contributed by atoms with Gasteiger partial charge in [-0.2, -0.15) is 0 Å². The molecule has 3 rings (SSSR count). The van der Waals surface area contributed by atoms with Crippen molar-refractivity contribution >= 4 is 5.91 Å². The first-order valence-corrected chi connectivity index (χ1v) is 9.64. The molecule has 1 N–H and O–H groups in total. The van der Waals surface area contributed by atoms with Gasteiger partial charge in [0.1, 0.15) is 0 Å². The highest BCUT2D eigenvalue weighted by molar-refractivity contribution is 5.75. The van der Waals surface area contributed by atoms with Gasteiger partial charge in [0, 0.05) is 26.6 Å². The summed E-state index contributed by atoms with van der Waals surface area (Å²) >= 11 is 0. The number of fused-ring (bicyclic) bond motifs is 1. The molecule has 27 heavy (non-hydrogen) atoms. The molecule has 0 radical (unpaired) electrons. The summed E-state index contributed by atoms with van der Waals surface area (Å²) < 4.78 is 21.3. The van der Waals surface area contributed by atoms with E-state index in [1.165, 1.54) is 5.56 Å². The topological polar surface area (TPSA) is 69.3 Å². The molecule has 0 aliphatic carbocycles. The van der Waals surface area contributed by atoms with Crippen molar-refractivity contribution in [1.29, 1.82) is 0 Å². The fourth-order valence-electron chi connectivity index (χ4n) is 3.68. The first-order valence-electron chi connectivity index (χ1n) is 9.64. The van der Waals surface area contributed by atoms with Crippen molar-refractivity contribution in [2.45, 2.75) is 32.2 Å². The summed E-state index contributed by atoms with van der Waals surface area (Å²) in [5.74, 6) is 2.94. The third-order valence-electron chi connectivity index (χ3n) is 5.24. The summed E-state index contributed by atoms with van der Waals surface area (Å²) in [5, 5.41) is 2.89. The molecule has 1 aromatic carbocycles. The number of nitrogens with zero attached hydrogens (tertiary/aromatic N) is 1. The van der Waals surface area contributed by atoms with Crippen LogP contribution in [0.5, 0.6) is 17.2 Å². The molecule has 2 aliphatic heterocycles. The van der Waals surface area contributed by atoms with E-state index >= 15 is 0 Å². The second-order valence-corrected chi connectivity index (χ2v) is 7.13. The highest BCUT2D eigenvalue weighted by atomic mass is 16.7. The predicted octanol–water partition coefficient (Wildman–Crippen LogP) is 2.18. The zero-order chi connectivity index (χ0) is 19.1. The van der Waals surface area contributed by atoms with Gasteiger partial charge in [-0.3, -0.25) is 9.69 Å². The van der Waals surface area contributed by atoms with Gasteiger partial charge in [-0.1, -0.05) is 0 Å². The Morgan fingerprint density at radius 1 is 1.26 bits per heavy atom. The second-order valence-electron chi connectivity index (χ2n) is 7.13. The standard InChI is InChI=1S/C20H30N2O5/c1-24-10-7-21-19(23)4-3-15-5-8-22(9-6-15)13-16-11-17(25-2)20-18(12-16)26-14-27-20/h11-12,15H,3-10,13-14H2,1-2H3,(H,21,23). The Hall–Kier alpha value is -1.99. The summed E-state index contributed by atoms with van der Waals surface area (Å²) in [6, 6.07) is 4.07. The van der Waals surface area contributed by atoms with Crippen LogP contribution in [0.1, 0.15) is 31.2 Å². The van der Waals surface area contributed by atoms with Crippen molar-refractivity contribution < 1.29 is 23.7 Å². The van der Waals surface area contributed by atoms with Gasteiger partial charge in [-0.05, 0) is 56.0 Å². The molecule has 7 heteroatoms. The lowest BCUT2D eigenvalue weighted by molar-refractivity contribution is -0.121. The molecule has 1 amide bonds. The monoisotopic (exact) mass is 378 g/mol. The van der Waals surface area contributed by atoms with E-state index in [0.717, 1.165) is 50.4 Å². The summed E-state index contributed by atoms with van der Waals surface area (Å²) in [7, 11) is 3.29. The Labute approximate surface area is 160 Å². The van der Waals surface area contributed by atoms with Gasteiger partial charge < -0.3 is 24.3 Å². The van der Waals surface area contributed by atoms with Crippen LogP contribution in [0.15, 0.2) is 12.1 Å². The van der Waals surface area contributed by atoms with Gasteiger partial charge in [-0.25, -0.2) is 0 Å². The van der Waals surface area contributed by atoms with E-state index in [9.17, 15) is 4.79 Å². The first-order chi connectivity index (χ1) is 13.2. The summed E-state index contributed by atoms with van der Waals surface area (Å²) in [6.07, 6.45) is 3.83. The molecule has 0 unspecified atom stereocenters. The maximum Gasteiger partial charge on any atom is 0.231 e. The van der Waals surface area contributed by atoms with Crippen LogP contribution in [0.3, 0.4) is 0 Å². The molecule has 7 nitrogen and oxygen atoms in total. The molecule has 2 aliphatic rings. The molecular formula is C20H30N2O5. The number of likely N-dealkylation sites (tertiary alicyclic amines) is 1. The fraction of sp³-hybridized carbons (Fsp3) is 0.650. The Bertz CT molecular complexity index is 629. The van der Waals surface area contributed by atoms with Crippen molar-refractivity contribution in [3.05, 3.63) is 17.7 Å². The summed E-state index contributed by atoms with van der Waals surface area (Å²) in [6.45, 7) is 4.37. The number of methoxy groups -OCH3 is 2. The average molecular weight is 378 g/mol. The number of rotatable bonds is 9. The van der Waals surface area contributed by atoms with E-state index in [1.54, 1.807) is 14.2 Å². The van der Waals surface area contributed by atoms with Gasteiger partial charge in [0.2, 0.25) is 18.4 Å². The van der Waals surface area contributed by atoms with E-state index in [2.05, 4.69) is 10.2 Å². The smallest absolute Gasteiger partial charge is 0.231 e. The third kappa shape index (κ3) is 5.49. The number of hydrogen-bond acceptors (Lipinski definition) is 6. The second kappa shape index (κ2) is 9.80. The van der Waals surface area contributed by atoms with Crippen molar-refractivity contribution in [2.24, 2.45) is 5.92 Å². The number of benzene rings is 1. The van der Waals surface area contributed by atoms with Crippen molar-refractivity contribution in [1.82, 2.24) is 10.2 Å². The van der Waals surface area contributed by atoms with Crippen LogP contribution in [0.25, 0.3) is 0 Å². The molecule has 1 aromatic rings. The van der Waals surface area contributed by atoms with E-state index in [0.29, 0.717) is 31.2 Å². The lowest BCUT2D eigenvalue weighted by atomic mass is 9.92. The van der Waals surface area contributed by atoms with Crippen molar-refractivity contribution in [3.63, 3.8) is 0 Å². The van der Waals surface area contributed by atoms with E-state index < -0.39 is 0 Å². The van der Waals surface area contributed by atoms with Crippen LogP contribution in [-0.4, -0.2) is 58.1 Å². The normalized spacial score (nSPS) is 17.1. The van der Waals surface area contributed by atoms with Gasteiger partial charge in [0.25, 0.3) is 0 Å². The number of amides is 1. The number of piperidine rings is 1. The predicted molar refractivity (Wildman–Crippen MR) is 101 cm³/mol. The first kappa shape index (κ1) is 19.8.